The van der Waals surface area contributed by atoms with Gasteiger partial charge < -0.3 is 20.7 Å². The van der Waals surface area contributed by atoms with Gasteiger partial charge in [0.1, 0.15) is 0 Å². The van der Waals surface area contributed by atoms with Crippen molar-refractivity contribution in [2.24, 2.45) is 5.73 Å². The van der Waals surface area contributed by atoms with Gasteiger partial charge in [0, 0.05) is 20.3 Å². The molecule has 0 aliphatic carbocycles. The molecule has 1 atom stereocenters. The van der Waals surface area contributed by atoms with Gasteiger partial charge in [0.2, 0.25) is 0 Å². The monoisotopic (exact) mass is 208 g/mol. The van der Waals surface area contributed by atoms with Gasteiger partial charge in [0.15, 0.2) is 0 Å². The first-order valence-electron chi connectivity index (χ1n) is 4.40. The van der Waals surface area contributed by atoms with Crippen LogP contribution in [0.2, 0.25) is 12.6 Å². The Morgan fingerprint density at radius 3 is 2.08 bits per heavy atom. The van der Waals surface area contributed by atoms with E-state index in [0.29, 0.717) is 0 Å². The van der Waals surface area contributed by atoms with Gasteiger partial charge in [-0.25, -0.2) is 0 Å². The Hall–Kier alpha value is 0.0569. The number of hydrogen-bond acceptors (Lipinski definition) is 4. The highest BCUT2D eigenvalue weighted by Crippen LogP contribution is 2.15. The molecule has 0 aromatic carbocycles. The van der Waals surface area contributed by atoms with Gasteiger partial charge in [-0.05, 0) is 32.4 Å². The largest absolute Gasteiger partial charge is 0.398 e. The van der Waals surface area contributed by atoms with Crippen molar-refractivity contribution < 1.29 is 8.85 Å². The quantitative estimate of drug-likeness (QED) is 0.650. The Morgan fingerprint density at radius 2 is 1.77 bits per heavy atom. The summed E-state index contributed by atoms with van der Waals surface area (Å²) in [5.41, 5.74) is 5.64. The molecule has 0 fully saturated rings. The maximum atomic E-state index is 5.64. The first kappa shape index (κ1) is 15.5. The van der Waals surface area contributed by atoms with E-state index < -0.39 is 8.56 Å². The predicted molar refractivity (Wildman–Crippen MR) is 58.3 cm³/mol. The van der Waals surface area contributed by atoms with Crippen LogP contribution >= 0.6 is 0 Å². The van der Waals surface area contributed by atoms with Gasteiger partial charge in [-0.3, -0.25) is 0 Å². The summed E-state index contributed by atoms with van der Waals surface area (Å²) < 4.78 is 10.7. The molecule has 4 nitrogen and oxygen atoms in total. The van der Waals surface area contributed by atoms with E-state index in [1.807, 2.05) is 6.92 Å². The van der Waals surface area contributed by atoms with Gasteiger partial charge in [-0.15, -0.1) is 0 Å². The third-order valence-corrected chi connectivity index (χ3v) is 5.14. The molecule has 0 aromatic rings. The zero-order valence-electron chi connectivity index (χ0n) is 9.30. The smallest absolute Gasteiger partial charge is 0.334 e. The molecular formula is C8H24N2O2Si. The minimum Gasteiger partial charge on any atom is -0.398 e. The predicted octanol–water partition coefficient (Wildman–Crippen LogP) is 1.64. The van der Waals surface area contributed by atoms with E-state index in [9.17, 15) is 0 Å². The van der Waals surface area contributed by atoms with Crippen LogP contribution in [0.5, 0.6) is 0 Å². The normalized spacial score (nSPS) is 13.6. The summed E-state index contributed by atoms with van der Waals surface area (Å²) in [7, 11) is 1.63. The van der Waals surface area contributed by atoms with Crippen molar-refractivity contribution in [3.63, 3.8) is 0 Å². The molecular weight excluding hydrogens is 184 g/mol. The summed E-state index contributed by atoms with van der Waals surface area (Å²) >= 11 is 0. The molecule has 0 spiro atoms. The lowest BCUT2D eigenvalue weighted by atomic mass is 10.2. The van der Waals surface area contributed by atoms with Crippen LogP contribution in [0.4, 0.5) is 0 Å². The molecule has 0 radical (unpaired) electrons. The van der Waals surface area contributed by atoms with Crippen LogP contribution < -0.4 is 11.9 Å². The fourth-order valence-corrected chi connectivity index (χ4v) is 2.45. The second-order valence-corrected chi connectivity index (χ2v) is 7.00. The zero-order chi connectivity index (χ0) is 9.61. The lowest BCUT2D eigenvalue weighted by molar-refractivity contribution is 0.248. The number of rotatable bonds is 6. The maximum absolute atomic E-state index is 5.64. The summed E-state index contributed by atoms with van der Waals surface area (Å²) in [4.78, 5) is 0. The minimum atomic E-state index is -1.82. The zero-order valence-corrected chi connectivity index (χ0v) is 10.3. The Balaban J connectivity index is 0. The van der Waals surface area contributed by atoms with Crippen molar-refractivity contribution >= 4 is 8.56 Å². The summed E-state index contributed by atoms with van der Waals surface area (Å²) in [5, 5.41) is 0. The molecule has 0 heterocycles. The van der Waals surface area contributed by atoms with E-state index in [1.165, 1.54) is 0 Å². The summed E-state index contributed by atoms with van der Waals surface area (Å²) in [5.74, 6) is 0. The molecule has 0 saturated heterocycles. The van der Waals surface area contributed by atoms with Crippen molar-refractivity contribution in [1.29, 1.82) is 0 Å². The molecule has 13 heavy (non-hydrogen) atoms. The van der Waals surface area contributed by atoms with Gasteiger partial charge in [-0.1, -0.05) is 0 Å². The van der Waals surface area contributed by atoms with Crippen molar-refractivity contribution in [3.05, 3.63) is 0 Å². The lowest BCUT2D eigenvalue weighted by Crippen LogP contribution is -2.36. The van der Waals surface area contributed by atoms with Crippen LogP contribution in [0, 0.1) is 0 Å². The minimum absolute atomic E-state index is 0. The van der Waals surface area contributed by atoms with Crippen molar-refractivity contribution in [2.75, 3.05) is 14.2 Å². The van der Waals surface area contributed by atoms with Crippen molar-refractivity contribution in [3.8, 4) is 0 Å². The maximum Gasteiger partial charge on any atom is 0.334 e. The highest BCUT2D eigenvalue weighted by Gasteiger charge is 2.27. The van der Waals surface area contributed by atoms with E-state index in [2.05, 4.69) is 6.55 Å². The van der Waals surface area contributed by atoms with Gasteiger partial charge in [0.25, 0.3) is 0 Å². The summed E-state index contributed by atoms with van der Waals surface area (Å²) in [6.45, 7) is 4.10. The first-order chi connectivity index (χ1) is 5.54. The van der Waals surface area contributed by atoms with Crippen LogP contribution in [-0.4, -0.2) is 28.8 Å². The average Bonchev–Trinajstić information content (AvgIpc) is 2.03. The summed E-state index contributed by atoms with van der Waals surface area (Å²) in [6, 6.07) is 1.32. The highest BCUT2D eigenvalue weighted by molar-refractivity contribution is 6.65. The molecule has 82 valence electrons. The van der Waals surface area contributed by atoms with Gasteiger partial charge in [-0.2, -0.15) is 0 Å². The van der Waals surface area contributed by atoms with E-state index >= 15 is 0 Å². The molecule has 1 unspecified atom stereocenters. The Morgan fingerprint density at radius 1 is 1.31 bits per heavy atom. The molecule has 0 amide bonds. The molecule has 0 aromatic heterocycles. The lowest BCUT2D eigenvalue weighted by Gasteiger charge is -2.22. The van der Waals surface area contributed by atoms with Crippen LogP contribution in [0.25, 0.3) is 0 Å². The third-order valence-electron chi connectivity index (χ3n) is 2.15. The topological polar surface area (TPSA) is 79.5 Å². The number of nitrogens with two attached hydrogens (primary N) is 1. The second kappa shape index (κ2) is 7.46. The molecule has 0 aliphatic rings. The van der Waals surface area contributed by atoms with E-state index in [0.717, 1.165) is 18.9 Å². The molecule has 0 aliphatic heterocycles. The number of hydrogen-bond donors (Lipinski definition) is 2. The summed E-state index contributed by atoms with van der Waals surface area (Å²) in [6.07, 6.45) is 2.15. The van der Waals surface area contributed by atoms with E-state index in [1.54, 1.807) is 14.2 Å². The third kappa shape index (κ3) is 7.15. The Kier molecular flexibility index (Phi) is 8.91. The molecule has 5 N–H and O–H groups in total. The molecule has 5 heteroatoms. The van der Waals surface area contributed by atoms with E-state index in [-0.39, 0.29) is 12.2 Å². The Labute approximate surface area is 82.6 Å². The first-order valence-corrected chi connectivity index (χ1v) is 6.92. The molecule has 0 bridgehead atoms. The average molecular weight is 208 g/mol. The van der Waals surface area contributed by atoms with Crippen molar-refractivity contribution in [2.45, 2.75) is 38.4 Å². The Bertz CT molecular complexity index is 119. The second-order valence-electron chi connectivity index (χ2n) is 3.41. The van der Waals surface area contributed by atoms with Gasteiger partial charge >= 0.3 is 8.56 Å². The highest BCUT2D eigenvalue weighted by atomic mass is 28.4. The van der Waals surface area contributed by atoms with Crippen LogP contribution in [0.3, 0.4) is 0 Å². The van der Waals surface area contributed by atoms with Crippen molar-refractivity contribution in [1.82, 2.24) is 6.15 Å². The fourth-order valence-electron chi connectivity index (χ4n) is 1.03. The van der Waals surface area contributed by atoms with Crippen LogP contribution in [-0.2, 0) is 8.85 Å². The SMILES string of the molecule is CO[Si](C)(CCCC(C)N)OC.N. The standard InChI is InChI=1S/C8H21NO2Si.H3N/c1-8(9)6-5-7-12(4,10-2)11-3;/h8H,5-7,9H2,1-4H3;1H3. The van der Waals surface area contributed by atoms with Gasteiger partial charge in [0.05, 0.1) is 0 Å². The van der Waals surface area contributed by atoms with E-state index in [4.69, 9.17) is 14.6 Å². The van der Waals surface area contributed by atoms with Crippen LogP contribution in [0.1, 0.15) is 19.8 Å². The fraction of sp³-hybridized carbons (Fsp3) is 1.00. The molecule has 0 rings (SSSR count). The molecule has 0 saturated carbocycles. The van der Waals surface area contributed by atoms with Crippen LogP contribution in [0.15, 0.2) is 0 Å².